The standard InChI is InChI=1S/C16H29N3O2/c1-16(20,13-8-6-5-7-9-13)15-14(21-4)12-17-19(15)11-10-18(2)3/h12-13,20H,5-11H2,1-4H3. The summed E-state index contributed by atoms with van der Waals surface area (Å²) in [5.74, 6) is 0.985. The summed E-state index contributed by atoms with van der Waals surface area (Å²) in [7, 11) is 5.73. The number of rotatable bonds is 6. The summed E-state index contributed by atoms with van der Waals surface area (Å²) in [4.78, 5) is 2.12. The molecule has 0 radical (unpaired) electrons. The van der Waals surface area contributed by atoms with Crippen LogP contribution in [0.2, 0.25) is 0 Å². The van der Waals surface area contributed by atoms with E-state index >= 15 is 0 Å². The van der Waals surface area contributed by atoms with Crippen LogP contribution in [-0.4, -0.2) is 47.5 Å². The summed E-state index contributed by atoms with van der Waals surface area (Å²) in [6.07, 6.45) is 7.57. The van der Waals surface area contributed by atoms with Crippen molar-refractivity contribution in [1.82, 2.24) is 14.7 Å². The molecule has 1 atom stereocenters. The lowest BCUT2D eigenvalue weighted by atomic mass is 9.76. The van der Waals surface area contributed by atoms with Crippen LogP contribution in [0.15, 0.2) is 6.20 Å². The maximum Gasteiger partial charge on any atom is 0.162 e. The molecule has 1 unspecified atom stereocenters. The van der Waals surface area contributed by atoms with Crippen molar-refractivity contribution < 1.29 is 9.84 Å². The van der Waals surface area contributed by atoms with E-state index in [1.54, 1.807) is 13.3 Å². The fraction of sp³-hybridized carbons (Fsp3) is 0.812. The number of hydrogen-bond acceptors (Lipinski definition) is 4. The molecule has 1 aromatic rings. The Morgan fingerprint density at radius 2 is 2.05 bits per heavy atom. The zero-order valence-electron chi connectivity index (χ0n) is 13.8. The van der Waals surface area contributed by atoms with Crippen LogP contribution in [0.1, 0.15) is 44.7 Å². The van der Waals surface area contributed by atoms with Gasteiger partial charge in [0.05, 0.1) is 19.9 Å². The van der Waals surface area contributed by atoms with Crippen molar-refractivity contribution in [1.29, 1.82) is 0 Å². The average Bonchev–Trinajstić information content (AvgIpc) is 2.89. The van der Waals surface area contributed by atoms with E-state index in [0.717, 1.165) is 31.6 Å². The summed E-state index contributed by atoms with van der Waals surface area (Å²) in [6.45, 7) is 3.57. The number of likely N-dealkylation sites (N-methyl/N-ethyl adjacent to an activating group) is 1. The van der Waals surface area contributed by atoms with E-state index in [9.17, 15) is 5.11 Å². The molecule has 1 heterocycles. The second-order valence-electron chi connectivity index (χ2n) is 6.57. The summed E-state index contributed by atoms with van der Waals surface area (Å²) in [5.41, 5.74) is -0.0482. The van der Waals surface area contributed by atoms with Gasteiger partial charge in [0.1, 0.15) is 11.3 Å². The summed E-state index contributed by atoms with van der Waals surface area (Å²) in [6, 6.07) is 0. The lowest BCUT2D eigenvalue weighted by Crippen LogP contribution is -2.36. The monoisotopic (exact) mass is 295 g/mol. The molecule has 1 aliphatic carbocycles. The molecule has 5 nitrogen and oxygen atoms in total. The number of aliphatic hydroxyl groups is 1. The Morgan fingerprint density at radius 3 is 2.62 bits per heavy atom. The van der Waals surface area contributed by atoms with Crippen LogP contribution < -0.4 is 4.74 Å². The van der Waals surface area contributed by atoms with Crippen molar-refractivity contribution in [3.05, 3.63) is 11.9 Å². The minimum absolute atomic E-state index is 0.287. The van der Waals surface area contributed by atoms with Gasteiger partial charge < -0.3 is 14.7 Å². The first-order valence-electron chi connectivity index (χ1n) is 7.94. The van der Waals surface area contributed by atoms with Crippen LogP contribution >= 0.6 is 0 Å². The molecule has 1 fully saturated rings. The van der Waals surface area contributed by atoms with E-state index in [2.05, 4.69) is 10.00 Å². The summed E-state index contributed by atoms with van der Waals surface area (Å²) >= 11 is 0. The lowest BCUT2D eigenvalue weighted by molar-refractivity contribution is -0.0308. The molecule has 0 saturated heterocycles. The molecule has 0 bridgehead atoms. The van der Waals surface area contributed by atoms with Crippen LogP contribution in [0.3, 0.4) is 0 Å². The van der Waals surface area contributed by atoms with Crippen molar-refractivity contribution >= 4 is 0 Å². The predicted molar refractivity (Wildman–Crippen MR) is 83.5 cm³/mol. The third kappa shape index (κ3) is 3.58. The minimum Gasteiger partial charge on any atom is -0.493 e. The van der Waals surface area contributed by atoms with Crippen molar-refractivity contribution in [3.8, 4) is 5.75 Å². The molecule has 0 aromatic carbocycles. The van der Waals surface area contributed by atoms with Crippen LogP contribution in [0, 0.1) is 5.92 Å². The highest BCUT2D eigenvalue weighted by Crippen LogP contribution is 2.42. The fourth-order valence-electron chi connectivity index (χ4n) is 3.35. The number of ether oxygens (including phenoxy) is 1. The molecule has 1 aliphatic rings. The van der Waals surface area contributed by atoms with Crippen molar-refractivity contribution in [2.24, 2.45) is 5.92 Å². The van der Waals surface area contributed by atoms with Gasteiger partial charge in [-0.15, -0.1) is 0 Å². The van der Waals surface area contributed by atoms with Gasteiger partial charge in [0.15, 0.2) is 5.75 Å². The van der Waals surface area contributed by atoms with Gasteiger partial charge in [0, 0.05) is 6.54 Å². The van der Waals surface area contributed by atoms with Gasteiger partial charge in [-0.2, -0.15) is 5.10 Å². The van der Waals surface area contributed by atoms with Gasteiger partial charge in [0.25, 0.3) is 0 Å². The van der Waals surface area contributed by atoms with E-state index in [0.29, 0.717) is 5.75 Å². The van der Waals surface area contributed by atoms with E-state index in [1.807, 2.05) is 25.7 Å². The fourth-order valence-corrected chi connectivity index (χ4v) is 3.35. The first-order chi connectivity index (χ1) is 9.96. The molecule has 1 aromatic heterocycles. The molecule has 1 saturated carbocycles. The van der Waals surface area contributed by atoms with Crippen LogP contribution in [0.4, 0.5) is 0 Å². The highest BCUT2D eigenvalue weighted by molar-refractivity contribution is 5.31. The first kappa shape index (κ1) is 16.3. The van der Waals surface area contributed by atoms with E-state index in [1.165, 1.54) is 19.3 Å². The number of nitrogens with zero attached hydrogens (tertiary/aromatic N) is 3. The Kier molecular flexibility index (Phi) is 5.27. The second-order valence-corrected chi connectivity index (χ2v) is 6.57. The molecular formula is C16H29N3O2. The van der Waals surface area contributed by atoms with Gasteiger partial charge in [-0.3, -0.25) is 4.68 Å². The molecule has 2 rings (SSSR count). The molecule has 5 heteroatoms. The van der Waals surface area contributed by atoms with E-state index in [-0.39, 0.29) is 5.92 Å². The molecule has 120 valence electrons. The van der Waals surface area contributed by atoms with Gasteiger partial charge in [-0.05, 0) is 39.8 Å². The van der Waals surface area contributed by atoms with Crippen LogP contribution in [-0.2, 0) is 12.1 Å². The Balaban J connectivity index is 2.28. The Bertz CT molecular complexity index is 448. The third-order valence-corrected chi connectivity index (χ3v) is 4.66. The second kappa shape index (κ2) is 6.79. The zero-order chi connectivity index (χ0) is 15.5. The van der Waals surface area contributed by atoms with Gasteiger partial charge in [-0.1, -0.05) is 19.3 Å². The normalized spacial score (nSPS) is 19.7. The van der Waals surface area contributed by atoms with E-state index in [4.69, 9.17) is 4.74 Å². The molecule has 0 aliphatic heterocycles. The lowest BCUT2D eigenvalue weighted by Gasteiger charge is -2.36. The molecular weight excluding hydrogens is 266 g/mol. The smallest absolute Gasteiger partial charge is 0.162 e. The average molecular weight is 295 g/mol. The summed E-state index contributed by atoms with van der Waals surface area (Å²) in [5, 5.41) is 15.6. The van der Waals surface area contributed by atoms with Gasteiger partial charge in [0.2, 0.25) is 0 Å². The topological polar surface area (TPSA) is 50.5 Å². The van der Waals surface area contributed by atoms with Crippen LogP contribution in [0.25, 0.3) is 0 Å². The molecule has 0 amide bonds. The number of hydrogen-bond donors (Lipinski definition) is 1. The highest BCUT2D eigenvalue weighted by atomic mass is 16.5. The van der Waals surface area contributed by atoms with Gasteiger partial charge in [-0.25, -0.2) is 0 Å². The Morgan fingerprint density at radius 1 is 1.38 bits per heavy atom. The minimum atomic E-state index is -0.880. The molecule has 21 heavy (non-hydrogen) atoms. The Labute approximate surface area is 127 Å². The maximum absolute atomic E-state index is 11.2. The van der Waals surface area contributed by atoms with Crippen molar-refractivity contribution in [3.63, 3.8) is 0 Å². The van der Waals surface area contributed by atoms with Crippen molar-refractivity contribution in [2.45, 2.75) is 51.2 Å². The molecule has 1 N–H and O–H groups in total. The largest absolute Gasteiger partial charge is 0.493 e. The summed E-state index contributed by atoms with van der Waals surface area (Å²) < 4.78 is 7.36. The zero-order valence-corrected chi connectivity index (χ0v) is 13.8. The van der Waals surface area contributed by atoms with E-state index < -0.39 is 5.60 Å². The van der Waals surface area contributed by atoms with Crippen LogP contribution in [0.5, 0.6) is 5.75 Å². The maximum atomic E-state index is 11.2. The van der Waals surface area contributed by atoms with Gasteiger partial charge >= 0.3 is 0 Å². The third-order valence-electron chi connectivity index (χ3n) is 4.66. The quantitative estimate of drug-likeness (QED) is 0.874. The highest BCUT2D eigenvalue weighted by Gasteiger charge is 2.39. The Hall–Kier alpha value is -1.07. The number of methoxy groups -OCH3 is 1. The first-order valence-corrected chi connectivity index (χ1v) is 7.94. The SMILES string of the molecule is COc1cnn(CCN(C)C)c1C(C)(O)C1CCCCC1. The predicted octanol–water partition coefficient (Wildman–Crippen LogP) is 2.24. The number of aromatic nitrogens is 2. The molecule has 0 spiro atoms. The van der Waals surface area contributed by atoms with Crippen molar-refractivity contribution in [2.75, 3.05) is 27.7 Å².